The van der Waals surface area contributed by atoms with E-state index in [9.17, 15) is 9.66 Å². The summed E-state index contributed by atoms with van der Waals surface area (Å²) in [7, 11) is 1.60. The Kier molecular flexibility index (Phi) is 7.86. The van der Waals surface area contributed by atoms with E-state index >= 15 is 0 Å². The van der Waals surface area contributed by atoms with E-state index in [-0.39, 0.29) is 17.7 Å². The Labute approximate surface area is 197 Å². The zero-order valence-electron chi connectivity index (χ0n) is 18.2. The van der Waals surface area contributed by atoms with Gasteiger partial charge in [0.05, 0.1) is 35.1 Å². The Morgan fingerprint density at radius 2 is 1.87 bits per heavy atom. The number of phenolic OH excluding ortho intramolecular Hbond substituents is 1. The van der Waals surface area contributed by atoms with Crippen LogP contribution in [-0.2, 0) is 11.4 Å². The minimum Gasteiger partial charge on any atom is -0.598 e. The number of phenols is 1. The Bertz CT molecular complexity index is 885. The van der Waals surface area contributed by atoms with E-state index < -0.39 is 16.1 Å². The first kappa shape index (κ1) is 24.3. The highest BCUT2D eigenvalue weighted by atomic mass is 35.5. The molecule has 170 valence electrons. The maximum atomic E-state index is 12.9. The van der Waals surface area contributed by atoms with Gasteiger partial charge in [-0.25, -0.2) is 4.98 Å². The molecule has 0 aliphatic carbocycles. The largest absolute Gasteiger partial charge is 0.598 e. The molecule has 2 atom stereocenters. The number of aromatic nitrogens is 1. The quantitative estimate of drug-likeness (QED) is 0.553. The number of nitrogens with one attached hydrogen (secondary N) is 1. The Balaban J connectivity index is 1.80. The summed E-state index contributed by atoms with van der Waals surface area (Å²) >= 11 is 11.0. The number of halogens is 2. The lowest BCUT2D eigenvalue weighted by Gasteiger charge is -2.38. The third kappa shape index (κ3) is 5.90. The number of rotatable bonds is 6. The summed E-state index contributed by atoms with van der Waals surface area (Å²) < 4.78 is 20.9. The molecular weight excluding hydrogens is 457 g/mol. The van der Waals surface area contributed by atoms with Crippen LogP contribution >= 0.6 is 23.2 Å². The van der Waals surface area contributed by atoms with Gasteiger partial charge in [0.1, 0.15) is 10.5 Å². The summed E-state index contributed by atoms with van der Waals surface area (Å²) in [5.41, 5.74) is 1.66. The van der Waals surface area contributed by atoms with E-state index in [0.29, 0.717) is 21.5 Å². The maximum Gasteiger partial charge on any atom is 0.213 e. The molecular formula is C22H29Cl2N3O3S. The number of pyridine rings is 1. The fourth-order valence-electron chi connectivity index (χ4n) is 3.68. The van der Waals surface area contributed by atoms with Gasteiger partial charge >= 0.3 is 0 Å². The number of methoxy groups -OCH3 is 1. The molecule has 2 aromatic rings. The van der Waals surface area contributed by atoms with E-state index in [4.69, 9.17) is 27.9 Å². The van der Waals surface area contributed by atoms with Crippen LogP contribution < -0.4 is 14.4 Å². The lowest BCUT2D eigenvalue weighted by atomic mass is 9.85. The average Bonchev–Trinajstić information content (AvgIpc) is 2.74. The highest BCUT2D eigenvalue weighted by Crippen LogP contribution is 2.40. The number of nitrogens with zero attached hydrogens (tertiary/aromatic N) is 2. The molecule has 1 aliphatic heterocycles. The Morgan fingerprint density at radius 3 is 2.42 bits per heavy atom. The van der Waals surface area contributed by atoms with Crippen molar-refractivity contribution in [2.24, 2.45) is 5.92 Å². The fraction of sp³-hybridized carbons (Fsp3) is 0.500. The molecule has 0 amide bonds. The summed E-state index contributed by atoms with van der Waals surface area (Å²) in [5.74, 6) is 0.805. The molecule has 1 aromatic heterocycles. The summed E-state index contributed by atoms with van der Waals surface area (Å²) in [6.45, 7) is 7.39. The number of hydrogen-bond donors (Lipinski definition) is 2. The molecule has 1 fully saturated rings. The highest BCUT2D eigenvalue weighted by Gasteiger charge is 2.36. The normalized spacial score (nSPS) is 17.5. The van der Waals surface area contributed by atoms with Gasteiger partial charge < -0.3 is 19.3 Å². The van der Waals surface area contributed by atoms with Crippen molar-refractivity contribution in [3.05, 3.63) is 46.1 Å². The van der Waals surface area contributed by atoms with Crippen molar-refractivity contribution in [2.75, 3.05) is 25.1 Å². The molecule has 0 saturated carbocycles. The molecule has 3 rings (SSSR count). The molecule has 1 aliphatic rings. The molecule has 2 heterocycles. The van der Waals surface area contributed by atoms with E-state index in [1.807, 2.05) is 39.1 Å². The number of piperidine rings is 1. The predicted molar refractivity (Wildman–Crippen MR) is 128 cm³/mol. The van der Waals surface area contributed by atoms with Crippen LogP contribution in [0, 0.1) is 5.92 Å². The minimum absolute atomic E-state index is 0.0552. The SMILES string of the molecule is COc1ccc(N2CCC(C(N[S@@+]([O-])C(C)(C)C)c3cc(Cl)c(Cl)cc3O)CC2)cn1. The first-order valence-corrected chi connectivity index (χ1v) is 12.1. The molecule has 1 aromatic carbocycles. The van der Waals surface area contributed by atoms with Crippen molar-refractivity contribution >= 4 is 40.3 Å². The zero-order valence-corrected chi connectivity index (χ0v) is 20.5. The second-order valence-electron chi connectivity index (χ2n) is 8.68. The van der Waals surface area contributed by atoms with Gasteiger partial charge in [0.25, 0.3) is 0 Å². The number of aromatic hydroxyl groups is 1. The van der Waals surface area contributed by atoms with Gasteiger partial charge in [-0.05, 0) is 51.7 Å². The fourth-order valence-corrected chi connectivity index (χ4v) is 4.91. The molecule has 31 heavy (non-hydrogen) atoms. The standard InChI is InChI=1S/C22H29Cl2N3O3S/c1-22(2,3)31(29)26-21(16-11-17(23)18(24)12-19(16)28)14-7-9-27(10-8-14)15-5-6-20(30-4)25-13-15/h5-6,11-14,21,26,28H,7-10H2,1-4H3/t21?,31-/m0/s1. The molecule has 6 nitrogen and oxygen atoms in total. The van der Waals surface area contributed by atoms with Gasteiger partial charge in [0, 0.05) is 42.1 Å². The number of ether oxygens (including phenoxy) is 1. The number of hydrogen-bond acceptors (Lipinski definition) is 6. The molecule has 9 heteroatoms. The first-order valence-electron chi connectivity index (χ1n) is 10.2. The second kappa shape index (κ2) is 10.0. The average molecular weight is 486 g/mol. The first-order chi connectivity index (χ1) is 14.6. The lowest BCUT2D eigenvalue weighted by Crippen LogP contribution is -2.45. The highest BCUT2D eigenvalue weighted by molar-refractivity contribution is 7.90. The molecule has 0 bridgehead atoms. The van der Waals surface area contributed by atoms with Crippen LogP contribution in [0.2, 0.25) is 10.0 Å². The lowest BCUT2D eigenvalue weighted by molar-refractivity contribution is 0.317. The number of benzene rings is 1. The van der Waals surface area contributed by atoms with Crippen molar-refractivity contribution in [1.82, 2.24) is 9.71 Å². The van der Waals surface area contributed by atoms with Crippen LogP contribution in [-0.4, -0.2) is 39.6 Å². The van der Waals surface area contributed by atoms with Crippen LogP contribution in [0.1, 0.15) is 45.2 Å². The van der Waals surface area contributed by atoms with Gasteiger partial charge in [-0.2, -0.15) is 0 Å². The second-order valence-corrected chi connectivity index (χ2v) is 11.5. The molecule has 2 N–H and O–H groups in total. The van der Waals surface area contributed by atoms with Crippen LogP contribution in [0.5, 0.6) is 11.6 Å². The van der Waals surface area contributed by atoms with Crippen molar-refractivity contribution in [3.63, 3.8) is 0 Å². The third-order valence-corrected chi connectivity index (χ3v) is 7.80. The Morgan fingerprint density at radius 1 is 1.23 bits per heavy atom. The van der Waals surface area contributed by atoms with Crippen LogP contribution in [0.25, 0.3) is 0 Å². The third-order valence-electron chi connectivity index (χ3n) is 5.50. The summed E-state index contributed by atoms with van der Waals surface area (Å²) in [6, 6.07) is 6.67. The van der Waals surface area contributed by atoms with Crippen molar-refractivity contribution in [3.8, 4) is 11.6 Å². The monoisotopic (exact) mass is 485 g/mol. The molecule has 0 spiro atoms. The van der Waals surface area contributed by atoms with Crippen molar-refractivity contribution in [2.45, 2.75) is 44.4 Å². The van der Waals surface area contributed by atoms with Gasteiger partial charge in [0.15, 0.2) is 0 Å². The predicted octanol–water partition coefficient (Wildman–Crippen LogP) is 5.11. The van der Waals surface area contributed by atoms with Gasteiger partial charge in [0.2, 0.25) is 5.88 Å². The Hall–Kier alpha value is -1.38. The zero-order chi connectivity index (χ0) is 22.8. The van der Waals surface area contributed by atoms with Gasteiger partial charge in [-0.3, -0.25) is 0 Å². The molecule has 1 unspecified atom stereocenters. The van der Waals surface area contributed by atoms with Gasteiger partial charge in [-0.15, -0.1) is 4.72 Å². The topological polar surface area (TPSA) is 80.7 Å². The molecule has 0 radical (unpaired) electrons. The summed E-state index contributed by atoms with van der Waals surface area (Å²) in [4.78, 5) is 6.57. The van der Waals surface area contributed by atoms with Crippen molar-refractivity contribution < 1.29 is 14.4 Å². The van der Waals surface area contributed by atoms with E-state index in [0.717, 1.165) is 31.6 Å². The number of anilines is 1. The van der Waals surface area contributed by atoms with Crippen LogP contribution in [0.15, 0.2) is 30.5 Å². The van der Waals surface area contributed by atoms with Crippen LogP contribution in [0.3, 0.4) is 0 Å². The molecule has 1 saturated heterocycles. The minimum atomic E-state index is -1.31. The van der Waals surface area contributed by atoms with Gasteiger partial charge in [-0.1, -0.05) is 23.2 Å². The van der Waals surface area contributed by atoms with E-state index in [2.05, 4.69) is 14.6 Å². The van der Waals surface area contributed by atoms with Crippen LogP contribution in [0.4, 0.5) is 5.69 Å². The van der Waals surface area contributed by atoms with E-state index in [1.54, 1.807) is 13.2 Å². The summed E-state index contributed by atoms with van der Waals surface area (Å²) in [5, 5.41) is 11.3. The smallest absolute Gasteiger partial charge is 0.213 e. The summed E-state index contributed by atoms with van der Waals surface area (Å²) in [6.07, 6.45) is 3.52. The van der Waals surface area contributed by atoms with Crippen molar-refractivity contribution in [1.29, 1.82) is 0 Å². The van der Waals surface area contributed by atoms with E-state index in [1.165, 1.54) is 6.07 Å². The maximum absolute atomic E-state index is 12.9.